The number of aliphatic hydroxyl groups is 1. The number of nitrogens with one attached hydrogen (secondary N) is 1. The minimum Gasteiger partial charge on any atom is -0.388 e. The molecule has 18 heavy (non-hydrogen) atoms. The minimum atomic E-state index is -1.01. The molecule has 0 bridgehead atoms. The Bertz CT molecular complexity index is 462. The summed E-state index contributed by atoms with van der Waals surface area (Å²) in [7, 11) is 0. The van der Waals surface area contributed by atoms with Crippen molar-refractivity contribution < 1.29 is 10.0 Å². The van der Waals surface area contributed by atoms with Gasteiger partial charge in [0.25, 0.3) is 5.69 Å². The third-order valence-electron chi connectivity index (χ3n) is 3.33. The normalized spacial score (nSPS) is 12.3. The summed E-state index contributed by atoms with van der Waals surface area (Å²) in [5.74, 6) is 0. The Hall–Kier alpha value is -1.62. The van der Waals surface area contributed by atoms with Crippen molar-refractivity contribution in [1.29, 1.82) is 0 Å². The maximum absolute atomic E-state index is 11.0. The smallest absolute Gasteiger partial charge is 0.292 e. The Balaban J connectivity index is 3.16. The standard InChI is InChI=1S/C13H20N2O3/c1-9-6-7-10(11(8-9)15(17)18)14-12(2,3)13(4,5)16/h6-8,14,16H,1-5H3. The number of hydrogen-bond acceptors (Lipinski definition) is 4. The Labute approximate surface area is 107 Å². The van der Waals surface area contributed by atoms with Crippen LogP contribution in [-0.4, -0.2) is 21.2 Å². The molecule has 1 aromatic rings. The third kappa shape index (κ3) is 2.98. The number of nitro benzene ring substituents is 1. The SMILES string of the molecule is Cc1ccc(NC(C)(C)C(C)(C)O)c([N+](=O)[O-])c1. The topological polar surface area (TPSA) is 75.4 Å². The molecule has 0 spiro atoms. The predicted octanol–water partition coefficient (Wildman–Crippen LogP) is 2.86. The van der Waals surface area contributed by atoms with E-state index in [1.54, 1.807) is 46.8 Å². The maximum atomic E-state index is 11.0. The molecule has 1 rings (SSSR count). The van der Waals surface area contributed by atoms with Gasteiger partial charge in [0.05, 0.1) is 16.1 Å². The van der Waals surface area contributed by atoms with Crippen LogP contribution >= 0.6 is 0 Å². The highest BCUT2D eigenvalue weighted by Crippen LogP contribution is 2.31. The van der Waals surface area contributed by atoms with E-state index < -0.39 is 16.1 Å². The number of rotatable bonds is 4. The minimum absolute atomic E-state index is 0.0207. The van der Waals surface area contributed by atoms with E-state index in [9.17, 15) is 15.2 Å². The first kappa shape index (κ1) is 14.4. The fourth-order valence-electron chi connectivity index (χ4n) is 1.39. The van der Waals surface area contributed by atoms with Crippen molar-refractivity contribution in [3.05, 3.63) is 33.9 Å². The number of hydrogen-bond donors (Lipinski definition) is 2. The van der Waals surface area contributed by atoms with E-state index in [1.807, 2.05) is 0 Å². The molecule has 0 saturated carbocycles. The van der Waals surface area contributed by atoms with Crippen LogP contribution in [0.2, 0.25) is 0 Å². The summed E-state index contributed by atoms with van der Waals surface area (Å²) in [6, 6.07) is 4.99. The monoisotopic (exact) mass is 252 g/mol. The lowest BCUT2D eigenvalue weighted by Crippen LogP contribution is -2.51. The molecule has 0 amide bonds. The van der Waals surface area contributed by atoms with E-state index >= 15 is 0 Å². The Kier molecular flexibility index (Phi) is 3.67. The van der Waals surface area contributed by atoms with Gasteiger partial charge in [-0.2, -0.15) is 0 Å². The first-order valence-corrected chi connectivity index (χ1v) is 5.80. The zero-order valence-electron chi connectivity index (χ0n) is 11.4. The van der Waals surface area contributed by atoms with Crippen LogP contribution in [0.15, 0.2) is 18.2 Å². The lowest BCUT2D eigenvalue weighted by Gasteiger charge is -2.38. The lowest BCUT2D eigenvalue weighted by atomic mass is 9.85. The molecule has 0 heterocycles. The molecule has 0 aliphatic rings. The van der Waals surface area contributed by atoms with Crippen LogP contribution in [0.3, 0.4) is 0 Å². The first-order valence-electron chi connectivity index (χ1n) is 5.80. The van der Waals surface area contributed by atoms with E-state index in [-0.39, 0.29) is 5.69 Å². The molecule has 5 heteroatoms. The van der Waals surface area contributed by atoms with Gasteiger partial charge in [0.1, 0.15) is 5.69 Å². The van der Waals surface area contributed by atoms with Gasteiger partial charge in [0, 0.05) is 6.07 Å². The lowest BCUT2D eigenvalue weighted by molar-refractivity contribution is -0.384. The molecule has 0 radical (unpaired) electrons. The van der Waals surface area contributed by atoms with Gasteiger partial charge in [0.15, 0.2) is 0 Å². The average molecular weight is 252 g/mol. The Morgan fingerprint density at radius 1 is 1.28 bits per heavy atom. The van der Waals surface area contributed by atoms with Crippen molar-refractivity contribution in [2.75, 3.05) is 5.32 Å². The highest BCUT2D eigenvalue weighted by molar-refractivity contribution is 5.63. The van der Waals surface area contributed by atoms with Gasteiger partial charge in [-0.15, -0.1) is 0 Å². The van der Waals surface area contributed by atoms with Crippen molar-refractivity contribution in [3.8, 4) is 0 Å². The quantitative estimate of drug-likeness (QED) is 0.638. The van der Waals surface area contributed by atoms with E-state index in [0.29, 0.717) is 5.69 Å². The van der Waals surface area contributed by atoms with Crippen molar-refractivity contribution in [1.82, 2.24) is 0 Å². The maximum Gasteiger partial charge on any atom is 0.292 e. The number of aryl methyl sites for hydroxylation is 1. The zero-order valence-corrected chi connectivity index (χ0v) is 11.4. The van der Waals surface area contributed by atoms with Crippen molar-refractivity contribution in [3.63, 3.8) is 0 Å². The Morgan fingerprint density at radius 2 is 1.83 bits per heavy atom. The summed E-state index contributed by atoms with van der Waals surface area (Å²) in [5, 5.41) is 24.1. The second-order valence-corrected chi connectivity index (χ2v) is 5.59. The third-order valence-corrected chi connectivity index (χ3v) is 3.33. The number of nitro groups is 1. The van der Waals surface area contributed by atoms with Gasteiger partial charge in [-0.3, -0.25) is 10.1 Å². The molecule has 0 aliphatic heterocycles. The number of benzene rings is 1. The summed E-state index contributed by atoms with van der Waals surface area (Å²) in [5.41, 5.74) is -0.433. The molecule has 0 atom stereocenters. The highest BCUT2D eigenvalue weighted by Gasteiger charge is 2.36. The van der Waals surface area contributed by atoms with Gasteiger partial charge in [-0.25, -0.2) is 0 Å². The highest BCUT2D eigenvalue weighted by atomic mass is 16.6. The van der Waals surface area contributed by atoms with Crippen LogP contribution < -0.4 is 5.32 Å². The fraction of sp³-hybridized carbons (Fsp3) is 0.538. The van der Waals surface area contributed by atoms with Crippen LogP contribution in [-0.2, 0) is 0 Å². The van der Waals surface area contributed by atoms with E-state index in [4.69, 9.17) is 0 Å². The number of anilines is 1. The van der Waals surface area contributed by atoms with Crippen molar-refractivity contribution >= 4 is 11.4 Å². The van der Waals surface area contributed by atoms with Crippen LogP contribution in [0.5, 0.6) is 0 Å². The summed E-state index contributed by atoms with van der Waals surface area (Å²) in [6.07, 6.45) is 0. The van der Waals surface area contributed by atoms with Crippen molar-refractivity contribution in [2.45, 2.75) is 45.8 Å². The number of nitrogens with zero attached hydrogens (tertiary/aromatic N) is 1. The van der Waals surface area contributed by atoms with Gasteiger partial charge >= 0.3 is 0 Å². The fourth-order valence-corrected chi connectivity index (χ4v) is 1.39. The summed E-state index contributed by atoms with van der Waals surface area (Å²) in [4.78, 5) is 10.6. The first-order chi connectivity index (χ1) is 8.04. The predicted molar refractivity (Wildman–Crippen MR) is 71.8 cm³/mol. The second-order valence-electron chi connectivity index (χ2n) is 5.59. The molecule has 2 N–H and O–H groups in total. The average Bonchev–Trinajstić information content (AvgIpc) is 2.18. The Morgan fingerprint density at radius 3 is 2.28 bits per heavy atom. The zero-order chi connectivity index (χ0) is 14.1. The van der Waals surface area contributed by atoms with Crippen LogP contribution in [0.1, 0.15) is 33.3 Å². The van der Waals surface area contributed by atoms with E-state index in [1.165, 1.54) is 6.07 Å². The molecular formula is C13H20N2O3. The molecule has 0 aliphatic carbocycles. The molecule has 100 valence electrons. The molecular weight excluding hydrogens is 232 g/mol. The van der Waals surface area contributed by atoms with Crippen LogP contribution in [0, 0.1) is 17.0 Å². The molecule has 0 fully saturated rings. The second kappa shape index (κ2) is 4.57. The molecule has 0 unspecified atom stereocenters. The molecule has 5 nitrogen and oxygen atoms in total. The van der Waals surface area contributed by atoms with Crippen LogP contribution in [0.4, 0.5) is 11.4 Å². The van der Waals surface area contributed by atoms with Gasteiger partial charge in [-0.05, 0) is 46.2 Å². The summed E-state index contributed by atoms with van der Waals surface area (Å²) >= 11 is 0. The van der Waals surface area contributed by atoms with Gasteiger partial charge in [0.2, 0.25) is 0 Å². The summed E-state index contributed by atoms with van der Waals surface area (Å²) in [6.45, 7) is 8.74. The van der Waals surface area contributed by atoms with E-state index in [2.05, 4.69) is 5.32 Å². The molecule has 0 aromatic heterocycles. The van der Waals surface area contributed by atoms with Gasteiger partial charge in [-0.1, -0.05) is 6.07 Å². The molecule has 1 aromatic carbocycles. The summed E-state index contributed by atoms with van der Waals surface area (Å²) < 4.78 is 0. The largest absolute Gasteiger partial charge is 0.388 e. The van der Waals surface area contributed by atoms with E-state index in [0.717, 1.165) is 5.56 Å². The van der Waals surface area contributed by atoms with Crippen LogP contribution in [0.25, 0.3) is 0 Å². The molecule has 0 saturated heterocycles. The van der Waals surface area contributed by atoms with Crippen molar-refractivity contribution in [2.24, 2.45) is 0 Å². The van der Waals surface area contributed by atoms with Gasteiger partial charge < -0.3 is 10.4 Å².